The van der Waals surface area contributed by atoms with Gasteiger partial charge in [-0.25, -0.2) is 9.29 Å². The quantitative estimate of drug-likeness (QED) is 0.165. The lowest BCUT2D eigenvalue weighted by atomic mass is 10.0. The van der Waals surface area contributed by atoms with Crippen molar-refractivity contribution in [1.82, 2.24) is 14.6 Å². The molecule has 1 saturated carbocycles. The lowest BCUT2D eigenvalue weighted by Crippen LogP contribution is -2.27. The van der Waals surface area contributed by atoms with E-state index in [1.54, 1.807) is 7.05 Å². The molecule has 1 fully saturated rings. The zero-order chi connectivity index (χ0) is 27.4. The normalized spacial score (nSPS) is 14.1. The number of unbranched alkanes of at least 4 members (excludes halogenated alkanes) is 2. The molecule has 4 aromatic rings. The Hall–Kier alpha value is -3.53. The molecule has 0 aliphatic heterocycles. The number of hydrogen-bond acceptors (Lipinski definition) is 6. The zero-order valence-electron chi connectivity index (χ0n) is 22.1. The first-order valence-corrected chi connectivity index (χ1v) is 14.4. The third-order valence-electron chi connectivity index (χ3n) is 6.91. The van der Waals surface area contributed by atoms with Crippen LogP contribution in [0.3, 0.4) is 0 Å². The minimum atomic E-state index is -2.36. The summed E-state index contributed by atoms with van der Waals surface area (Å²) in [7, 11) is 1.59. The van der Waals surface area contributed by atoms with Gasteiger partial charge in [0.1, 0.15) is 17.3 Å². The average Bonchev–Trinajstić information content (AvgIpc) is 3.73. The number of hydrogen-bond donors (Lipinski definition) is 1. The number of nitrogens with one attached hydrogen (secondary N) is 1. The van der Waals surface area contributed by atoms with Crippen LogP contribution in [0.2, 0.25) is 0 Å². The molecule has 0 bridgehead atoms. The number of furan rings is 1. The molecule has 1 atom stereocenters. The number of aromatic nitrogens is 1. The van der Waals surface area contributed by atoms with E-state index in [1.807, 2.05) is 60.7 Å². The van der Waals surface area contributed by atoms with Crippen molar-refractivity contribution in [2.45, 2.75) is 51.5 Å². The summed E-state index contributed by atoms with van der Waals surface area (Å²) in [6, 6.07) is 18.8. The van der Waals surface area contributed by atoms with Crippen molar-refractivity contribution in [1.29, 1.82) is 0 Å². The minimum absolute atomic E-state index is 0.179. The van der Waals surface area contributed by atoms with Crippen molar-refractivity contribution >= 4 is 28.3 Å². The van der Waals surface area contributed by atoms with Gasteiger partial charge in [-0.15, -0.1) is 0 Å². The monoisotopic (exact) mass is 546 g/mol. The van der Waals surface area contributed by atoms with E-state index in [0.717, 1.165) is 43.4 Å². The lowest BCUT2D eigenvalue weighted by molar-refractivity contribution is 0.0964. The molecule has 2 aromatic heterocycles. The minimum Gasteiger partial charge on any atom is -0.760 e. The van der Waals surface area contributed by atoms with Crippen LogP contribution in [-0.4, -0.2) is 37.6 Å². The highest BCUT2D eigenvalue weighted by atomic mass is 32.2. The van der Waals surface area contributed by atoms with E-state index in [2.05, 4.69) is 12.2 Å². The summed E-state index contributed by atoms with van der Waals surface area (Å²) in [6.45, 7) is 2.71. The molecule has 2 heterocycles. The van der Waals surface area contributed by atoms with Crippen molar-refractivity contribution in [3.8, 4) is 22.8 Å². The Bertz CT molecular complexity index is 1470. The van der Waals surface area contributed by atoms with E-state index in [9.17, 15) is 13.6 Å². The Labute approximate surface area is 230 Å². The van der Waals surface area contributed by atoms with Gasteiger partial charge >= 0.3 is 0 Å². The van der Waals surface area contributed by atoms with E-state index < -0.39 is 11.3 Å². The fraction of sp³-hybridized carbons (Fsp3) is 0.333. The molecule has 1 amide bonds. The molecule has 5 rings (SSSR count). The Kier molecular flexibility index (Phi) is 8.40. The molecule has 0 radical (unpaired) electrons. The second kappa shape index (κ2) is 12.1. The van der Waals surface area contributed by atoms with Gasteiger partial charge in [0, 0.05) is 30.4 Å². The smallest absolute Gasteiger partial charge is 0.255 e. The summed E-state index contributed by atoms with van der Waals surface area (Å²) in [5.74, 6) is 1.83. The number of pyridine rings is 1. The molecule has 0 spiro atoms. The number of fused-ring (bicyclic) bond motifs is 1. The maximum Gasteiger partial charge on any atom is 0.255 e. The second-order valence-corrected chi connectivity index (χ2v) is 10.7. The Morgan fingerprint density at radius 1 is 1.13 bits per heavy atom. The predicted molar refractivity (Wildman–Crippen MR) is 150 cm³/mol. The number of ether oxygens (including phenoxy) is 1. The number of carbonyl (C=O) groups excluding carboxylic acids is 1. The van der Waals surface area contributed by atoms with Crippen LogP contribution in [0.1, 0.15) is 66.6 Å². The van der Waals surface area contributed by atoms with Gasteiger partial charge in [0.15, 0.2) is 0 Å². The molecule has 1 aliphatic carbocycles. The van der Waals surface area contributed by atoms with Crippen molar-refractivity contribution in [2.24, 2.45) is 0 Å². The van der Waals surface area contributed by atoms with Gasteiger partial charge < -0.3 is 19.0 Å². The van der Waals surface area contributed by atoms with Gasteiger partial charge in [-0.2, -0.15) is 0 Å². The topological polar surface area (TPSA) is 108 Å². The summed E-state index contributed by atoms with van der Waals surface area (Å²) >= 11 is -2.36. The van der Waals surface area contributed by atoms with Gasteiger partial charge in [0.05, 0.1) is 23.2 Å². The first-order valence-electron chi connectivity index (χ1n) is 13.3. The number of para-hydroxylation sites is 1. The highest BCUT2D eigenvalue weighted by Gasteiger charge is 2.31. The molecule has 1 unspecified atom stereocenters. The highest BCUT2D eigenvalue weighted by Crippen LogP contribution is 2.44. The van der Waals surface area contributed by atoms with E-state index in [0.29, 0.717) is 51.9 Å². The molecular formula is C30H32N3O5S-. The van der Waals surface area contributed by atoms with Crippen LogP contribution >= 0.6 is 0 Å². The Balaban J connectivity index is 1.52. The zero-order valence-corrected chi connectivity index (χ0v) is 23.0. The van der Waals surface area contributed by atoms with E-state index in [4.69, 9.17) is 14.1 Å². The number of rotatable bonds is 12. The molecule has 1 aliphatic rings. The first kappa shape index (κ1) is 27.1. The maximum atomic E-state index is 13.1. The van der Waals surface area contributed by atoms with Crippen molar-refractivity contribution in [3.05, 3.63) is 77.5 Å². The van der Waals surface area contributed by atoms with Crippen LogP contribution in [0, 0.1) is 0 Å². The largest absolute Gasteiger partial charge is 0.760 e. The number of carbonyl (C=O) groups is 1. The number of nitrogens with zero attached hydrogens (tertiary/aromatic N) is 2. The molecular weight excluding hydrogens is 514 g/mol. The van der Waals surface area contributed by atoms with Crippen LogP contribution in [0.5, 0.6) is 11.5 Å². The van der Waals surface area contributed by atoms with Crippen LogP contribution in [0.15, 0.2) is 65.1 Å². The van der Waals surface area contributed by atoms with Gasteiger partial charge in [-0.1, -0.05) is 38.0 Å². The molecule has 204 valence electrons. The van der Waals surface area contributed by atoms with Gasteiger partial charge in [-0.3, -0.25) is 9.00 Å². The molecule has 39 heavy (non-hydrogen) atoms. The highest BCUT2D eigenvalue weighted by molar-refractivity contribution is 7.76. The van der Waals surface area contributed by atoms with Crippen molar-refractivity contribution < 1.29 is 22.7 Å². The lowest BCUT2D eigenvalue weighted by Gasteiger charge is -2.24. The summed E-state index contributed by atoms with van der Waals surface area (Å²) in [5.41, 5.74) is 3.11. The summed E-state index contributed by atoms with van der Waals surface area (Å²) in [4.78, 5) is 17.9. The fourth-order valence-corrected chi connectivity index (χ4v) is 5.22. The first-order chi connectivity index (χ1) is 19.0. The van der Waals surface area contributed by atoms with E-state index in [1.165, 1.54) is 4.31 Å². The summed E-state index contributed by atoms with van der Waals surface area (Å²) < 4.78 is 37.5. The molecule has 0 saturated heterocycles. The van der Waals surface area contributed by atoms with Crippen LogP contribution < -0.4 is 10.1 Å². The van der Waals surface area contributed by atoms with Crippen LogP contribution in [0.25, 0.3) is 22.4 Å². The molecule has 2 aromatic carbocycles. The van der Waals surface area contributed by atoms with Gasteiger partial charge in [0.2, 0.25) is 5.71 Å². The van der Waals surface area contributed by atoms with Crippen molar-refractivity contribution in [3.63, 3.8) is 0 Å². The average molecular weight is 547 g/mol. The third-order valence-corrected chi connectivity index (χ3v) is 7.64. The SMILES string of the molecule is CCCCCN(Cc1nc2oc(-c3ccc(Oc4ccccc4)cc3)c(C(=O)NC)c2cc1C1CC1)S(=O)[O-]. The number of amides is 1. The Morgan fingerprint density at radius 3 is 2.49 bits per heavy atom. The molecule has 1 N–H and O–H groups in total. The van der Waals surface area contributed by atoms with E-state index in [-0.39, 0.29) is 12.5 Å². The molecule has 9 heteroatoms. The van der Waals surface area contributed by atoms with Crippen molar-refractivity contribution in [2.75, 3.05) is 13.6 Å². The predicted octanol–water partition coefficient (Wildman–Crippen LogP) is 6.31. The van der Waals surface area contributed by atoms with Gasteiger partial charge in [-0.05, 0) is 73.2 Å². The van der Waals surface area contributed by atoms with E-state index >= 15 is 0 Å². The summed E-state index contributed by atoms with van der Waals surface area (Å²) in [5, 5.41) is 3.35. The number of benzene rings is 2. The van der Waals surface area contributed by atoms with Crippen LogP contribution in [-0.2, 0) is 17.8 Å². The third kappa shape index (κ3) is 6.21. The summed E-state index contributed by atoms with van der Waals surface area (Å²) in [6.07, 6.45) is 4.79. The standard InChI is InChI=1S/C30H33N3O5S/c1-3-4-8-17-33(39(35)36)19-26-24(20-11-12-20)18-25-27(29(34)31-2)28(38-30(25)32-26)21-13-15-23(16-14-21)37-22-9-6-5-7-10-22/h5-7,9-10,13-16,18,20H,3-4,8,11-12,17,19H2,1-2H3,(H,31,34)(H,35,36)/p-1. The maximum absolute atomic E-state index is 13.1. The molecule has 8 nitrogen and oxygen atoms in total. The van der Waals surface area contributed by atoms with Crippen LogP contribution in [0.4, 0.5) is 0 Å². The second-order valence-electron chi connectivity index (χ2n) is 9.76. The van der Waals surface area contributed by atoms with Gasteiger partial charge in [0.25, 0.3) is 5.91 Å². The fourth-order valence-electron chi connectivity index (χ4n) is 4.71. The Morgan fingerprint density at radius 2 is 1.85 bits per heavy atom.